The molecule has 12 aromatic rings. The Labute approximate surface area is 530 Å². The number of furan rings is 8. The van der Waals surface area contributed by atoms with Crippen LogP contribution in [0, 0.1) is 0 Å². The lowest BCUT2D eigenvalue weighted by molar-refractivity contribution is 0.512. The van der Waals surface area contributed by atoms with Gasteiger partial charge >= 0.3 is 0 Å². The van der Waals surface area contributed by atoms with Crippen LogP contribution in [-0.4, -0.2) is 0 Å². The van der Waals surface area contributed by atoms with Crippen LogP contribution in [-0.2, 0) is 96.3 Å². The van der Waals surface area contributed by atoms with E-state index < -0.39 is 0 Å². The van der Waals surface area contributed by atoms with Crippen LogP contribution in [0.5, 0.6) is 0 Å². The van der Waals surface area contributed by atoms with Crippen molar-refractivity contribution in [3.8, 4) is 0 Å². The fourth-order valence-electron chi connectivity index (χ4n) is 14.3. The third-order valence-electron chi connectivity index (χ3n) is 19.0. The number of anilines is 12. The zero-order valence-corrected chi connectivity index (χ0v) is 55.8. The Kier molecular flexibility index (Phi) is 17.6. The van der Waals surface area contributed by atoms with Gasteiger partial charge in [0.25, 0.3) is 0 Å². The third-order valence-corrected chi connectivity index (χ3v) is 19.0. The van der Waals surface area contributed by atoms with Crippen LogP contribution in [0.2, 0.25) is 0 Å². The average molecular weight is 1210 g/mol. The average Bonchev–Trinajstić information content (AvgIpc) is 0.714. The molecule has 0 N–H and O–H groups in total. The van der Waals surface area contributed by atoms with E-state index in [1.807, 2.05) is 56.4 Å². The van der Waals surface area contributed by atoms with Gasteiger partial charge < -0.3 is 54.9 Å². The highest BCUT2D eigenvalue weighted by atomic mass is 16.4. The van der Waals surface area contributed by atoms with E-state index in [2.05, 4.69) is 160 Å². The number of aryl methyl sites for hydroxylation is 15. The zero-order chi connectivity index (χ0) is 63.2. The van der Waals surface area contributed by atoms with Crippen molar-refractivity contribution < 1.29 is 35.3 Å². The van der Waals surface area contributed by atoms with Crippen molar-refractivity contribution in [3.05, 3.63) is 178 Å². The van der Waals surface area contributed by atoms with Gasteiger partial charge in [-0.2, -0.15) is 0 Å². The molecule has 12 rings (SSSR count). The van der Waals surface area contributed by atoms with Crippen molar-refractivity contribution in [1.82, 2.24) is 0 Å². The molecule has 0 radical (unpaired) electrons. The molecule has 12 nitrogen and oxygen atoms in total. The van der Waals surface area contributed by atoms with Gasteiger partial charge in [0.2, 0.25) is 0 Å². The molecule has 0 spiro atoms. The molecule has 0 bridgehead atoms. The van der Waals surface area contributed by atoms with Crippen LogP contribution in [0.3, 0.4) is 0 Å². The van der Waals surface area contributed by atoms with Gasteiger partial charge in [-0.3, -0.25) is 0 Å². The molecule has 0 unspecified atom stereocenters. The predicted octanol–water partition coefficient (Wildman–Crippen LogP) is 23.6. The maximum absolute atomic E-state index is 6.73. The molecule has 90 heavy (non-hydrogen) atoms. The van der Waals surface area contributed by atoms with Crippen molar-refractivity contribution >= 4 is 101 Å². The minimum absolute atomic E-state index is 0.680. The molecule has 0 saturated heterocycles. The number of nitrogens with zero attached hydrogens (tertiary/aromatic N) is 4. The van der Waals surface area contributed by atoms with E-state index in [-0.39, 0.29) is 0 Å². The van der Waals surface area contributed by atoms with Crippen LogP contribution >= 0.6 is 0 Å². The van der Waals surface area contributed by atoms with Crippen LogP contribution in [0.4, 0.5) is 68.2 Å². The fourth-order valence-corrected chi connectivity index (χ4v) is 14.3. The Balaban J connectivity index is 1.39. The van der Waals surface area contributed by atoms with Gasteiger partial charge in [0.1, 0.15) is 46.6 Å². The molecule has 0 fully saturated rings. The number of benzene rings is 4. The van der Waals surface area contributed by atoms with E-state index in [1.54, 1.807) is 0 Å². The standard InChI is InChI=1S/C78H90N4O8/c1-16-46-37-83-45-62(46)79(72-47(17-2)38-84-63(72)24-9)58-35-59(80(73-48(18-3)39-85-64(73)25-10)74-49(19-4)40-86-65(74)26-11)55-33-34-57-61(82(77-52(22-7)43-89-68(77)29-14)78-53(23-8)44-90-69(78)30-15)36-60(56-32-31-54(58)70(55)71(56)57)81(75-50(20-5)41-87-66(75)27-12)76-51(21-6)42-88-67(76)28-13/h31-45H,16-30H2,1-15H3. The highest BCUT2D eigenvalue weighted by Gasteiger charge is 2.38. The lowest BCUT2D eigenvalue weighted by atomic mass is 9.88. The monoisotopic (exact) mass is 1210 g/mol. The minimum atomic E-state index is 0.680. The maximum Gasteiger partial charge on any atom is 0.127 e. The summed E-state index contributed by atoms with van der Waals surface area (Å²) in [6.07, 6.45) is 28.5. The molecular weight excluding hydrogens is 1120 g/mol. The summed E-state index contributed by atoms with van der Waals surface area (Å²) in [7, 11) is 0. The Bertz CT molecular complexity index is 4050. The summed E-state index contributed by atoms with van der Waals surface area (Å²) in [6.45, 7) is 33.2. The van der Waals surface area contributed by atoms with Gasteiger partial charge in [0, 0.05) is 122 Å². The fraction of sp³-hybridized carbons (Fsp3) is 0.385. The first kappa shape index (κ1) is 61.6. The minimum Gasteiger partial charge on any atom is -0.470 e. The largest absolute Gasteiger partial charge is 0.470 e. The van der Waals surface area contributed by atoms with Gasteiger partial charge in [0.15, 0.2) is 0 Å². The van der Waals surface area contributed by atoms with Crippen molar-refractivity contribution in [2.24, 2.45) is 0 Å². The van der Waals surface area contributed by atoms with E-state index in [0.717, 1.165) is 237 Å². The van der Waals surface area contributed by atoms with Crippen LogP contribution in [0.1, 0.15) is 189 Å². The molecule has 0 atom stereocenters. The molecule has 4 aromatic carbocycles. The van der Waals surface area contributed by atoms with Gasteiger partial charge in [-0.05, 0) is 63.5 Å². The first-order chi connectivity index (χ1) is 44.0. The number of hydrogen-bond acceptors (Lipinski definition) is 12. The lowest BCUT2D eigenvalue weighted by Crippen LogP contribution is -2.19. The summed E-state index contributed by atoms with van der Waals surface area (Å²) < 4.78 is 53.4. The highest BCUT2D eigenvalue weighted by molar-refractivity contribution is 6.33. The lowest BCUT2D eigenvalue weighted by Gasteiger charge is -2.35. The van der Waals surface area contributed by atoms with Crippen molar-refractivity contribution in [3.63, 3.8) is 0 Å². The van der Waals surface area contributed by atoms with Gasteiger partial charge in [0.05, 0.1) is 118 Å². The smallest absolute Gasteiger partial charge is 0.127 e. The Hall–Kier alpha value is -8.64. The van der Waals surface area contributed by atoms with Crippen LogP contribution < -0.4 is 19.6 Å². The molecule has 0 aliphatic heterocycles. The molecule has 12 heteroatoms. The van der Waals surface area contributed by atoms with Crippen LogP contribution in [0.15, 0.2) is 128 Å². The first-order valence-corrected chi connectivity index (χ1v) is 33.7. The Morgan fingerprint density at radius 1 is 0.222 bits per heavy atom. The van der Waals surface area contributed by atoms with E-state index in [4.69, 9.17) is 35.3 Å². The van der Waals surface area contributed by atoms with Crippen molar-refractivity contribution in [2.45, 2.75) is 200 Å². The van der Waals surface area contributed by atoms with Crippen molar-refractivity contribution in [2.75, 3.05) is 19.6 Å². The molecule has 8 heterocycles. The third kappa shape index (κ3) is 9.68. The molecule has 0 amide bonds. The SMILES string of the molecule is CCc1cocc1N(c1c(CC)coc1CC)c1cc(N(c2c(CC)coc2CC)c2c(CC)coc2CC)c2ccc3c(N(c4c(CC)coc4CC)c4c(CC)coc4CC)cc(N(c4c(CC)coc4CC)c4c(CC)coc4CC)c4ccc1c2c43. The summed E-state index contributed by atoms with van der Waals surface area (Å²) in [4.78, 5) is 10.0. The first-order valence-electron chi connectivity index (χ1n) is 33.7. The molecule has 0 saturated carbocycles. The Morgan fingerprint density at radius 3 is 0.644 bits per heavy atom. The zero-order valence-electron chi connectivity index (χ0n) is 55.8. The summed E-state index contributed by atoms with van der Waals surface area (Å²) in [5.41, 5.74) is 21.1. The van der Waals surface area contributed by atoms with Crippen molar-refractivity contribution in [1.29, 1.82) is 0 Å². The van der Waals surface area contributed by atoms with E-state index in [0.29, 0.717) is 44.9 Å². The van der Waals surface area contributed by atoms with Gasteiger partial charge in [-0.1, -0.05) is 128 Å². The second-order valence-electron chi connectivity index (χ2n) is 23.6. The number of rotatable bonds is 27. The Morgan fingerprint density at radius 2 is 0.433 bits per heavy atom. The summed E-state index contributed by atoms with van der Waals surface area (Å²) in [5.74, 6) is 6.36. The van der Waals surface area contributed by atoms with E-state index in [9.17, 15) is 0 Å². The summed E-state index contributed by atoms with van der Waals surface area (Å²) in [5, 5.41) is 6.49. The quantitative estimate of drug-likeness (QED) is 0.0456. The second-order valence-corrected chi connectivity index (χ2v) is 23.6. The topological polar surface area (TPSA) is 118 Å². The normalized spacial score (nSPS) is 11.9. The summed E-state index contributed by atoms with van der Waals surface area (Å²) >= 11 is 0. The van der Waals surface area contributed by atoms with E-state index >= 15 is 0 Å². The molecule has 0 aliphatic rings. The van der Waals surface area contributed by atoms with Crippen LogP contribution in [0.25, 0.3) is 32.3 Å². The van der Waals surface area contributed by atoms with Gasteiger partial charge in [-0.25, -0.2) is 0 Å². The highest BCUT2D eigenvalue weighted by Crippen LogP contribution is 2.59. The summed E-state index contributed by atoms with van der Waals surface area (Å²) in [6, 6.07) is 14.5. The number of hydrogen-bond donors (Lipinski definition) is 0. The van der Waals surface area contributed by atoms with E-state index in [1.165, 1.54) is 0 Å². The second kappa shape index (κ2) is 25.7. The maximum atomic E-state index is 6.73. The molecular formula is C78H90N4O8. The molecule has 470 valence electrons. The molecule has 8 aromatic heterocycles. The van der Waals surface area contributed by atoms with Gasteiger partial charge in [-0.15, -0.1) is 0 Å². The predicted molar refractivity (Wildman–Crippen MR) is 368 cm³/mol. The molecule has 0 aliphatic carbocycles.